The lowest BCUT2D eigenvalue weighted by Gasteiger charge is -2.11. The van der Waals surface area contributed by atoms with Crippen LogP contribution in [0.4, 0.5) is 8.78 Å². The summed E-state index contributed by atoms with van der Waals surface area (Å²) >= 11 is 0. The maximum Gasteiger partial charge on any atom is 0.358 e. The molecule has 94 valence electrons. The van der Waals surface area contributed by atoms with Gasteiger partial charge in [-0.3, -0.25) is 0 Å². The molecule has 0 spiro atoms. The van der Waals surface area contributed by atoms with Crippen molar-refractivity contribution in [3.05, 3.63) is 11.4 Å². The van der Waals surface area contributed by atoms with Crippen LogP contribution < -0.4 is 0 Å². The standard InChI is InChI=1S/C9H11F2N3O3/c10-8(11)7-6(9(15)16)12-13-14(7)4-5-2-1-3-17-5/h5,8H,1-4H2,(H,15,16). The first-order valence-corrected chi connectivity index (χ1v) is 5.16. The van der Waals surface area contributed by atoms with Crippen molar-refractivity contribution in [3.63, 3.8) is 0 Å². The lowest BCUT2D eigenvalue weighted by atomic mass is 10.2. The number of hydrogen-bond donors (Lipinski definition) is 1. The smallest absolute Gasteiger partial charge is 0.358 e. The van der Waals surface area contributed by atoms with Gasteiger partial charge in [-0.05, 0) is 12.8 Å². The van der Waals surface area contributed by atoms with Gasteiger partial charge in [0.15, 0.2) is 5.69 Å². The van der Waals surface area contributed by atoms with Gasteiger partial charge in [0, 0.05) is 6.61 Å². The van der Waals surface area contributed by atoms with Crippen molar-refractivity contribution < 1.29 is 23.4 Å². The minimum absolute atomic E-state index is 0.111. The lowest BCUT2D eigenvalue weighted by Crippen LogP contribution is -2.19. The monoisotopic (exact) mass is 247 g/mol. The summed E-state index contributed by atoms with van der Waals surface area (Å²) in [5.74, 6) is -1.50. The van der Waals surface area contributed by atoms with Crippen molar-refractivity contribution >= 4 is 5.97 Å². The van der Waals surface area contributed by atoms with Gasteiger partial charge >= 0.3 is 5.97 Å². The lowest BCUT2D eigenvalue weighted by molar-refractivity contribution is 0.0668. The Morgan fingerprint density at radius 1 is 1.65 bits per heavy atom. The van der Waals surface area contributed by atoms with E-state index in [1.54, 1.807) is 0 Å². The first kappa shape index (κ1) is 11.9. The molecule has 0 aromatic carbocycles. The molecule has 0 saturated carbocycles. The molecular formula is C9H11F2N3O3. The Labute approximate surface area is 95.2 Å². The van der Waals surface area contributed by atoms with E-state index in [2.05, 4.69) is 10.3 Å². The van der Waals surface area contributed by atoms with Crippen molar-refractivity contribution in [2.45, 2.75) is 31.9 Å². The number of carboxylic acid groups (broad SMARTS) is 1. The minimum Gasteiger partial charge on any atom is -0.476 e. The third-order valence-electron chi connectivity index (χ3n) is 2.58. The summed E-state index contributed by atoms with van der Waals surface area (Å²) in [4.78, 5) is 10.7. The zero-order valence-electron chi connectivity index (χ0n) is 8.84. The van der Waals surface area contributed by atoms with Crippen LogP contribution in [-0.2, 0) is 11.3 Å². The van der Waals surface area contributed by atoms with Gasteiger partial charge < -0.3 is 9.84 Å². The van der Waals surface area contributed by atoms with Gasteiger partial charge in [-0.25, -0.2) is 18.3 Å². The fourth-order valence-corrected chi connectivity index (χ4v) is 1.80. The van der Waals surface area contributed by atoms with Crippen molar-refractivity contribution in [1.82, 2.24) is 15.0 Å². The zero-order valence-corrected chi connectivity index (χ0v) is 8.84. The molecule has 1 N–H and O–H groups in total. The van der Waals surface area contributed by atoms with E-state index in [0.29, 0.717) is 6.61 Å². The van der Waals surface area contributed by atoms with E-state index >= 15 is 0 Å². The minimum atomic E-state index is -2.92. The van der Waals surface area contributed by atoms with Crippen molar-refractivity contribution in [1.29, 1.82) is 0 Å². The second-order valence-electron chi connectivity index (χ2n) is 3.75. The Morgan fingerprint density at radius 2 is 2.41 bits per heavy atom. The highest BCUT2D eigenvalue weighted by atomic mass is 19.3. The van der Waals surface area contributed by atoms with Crippen LogP contribution in [0.5, 0.6) is 0 Å². The molecule has 1 aliphatic rings. The molecule has 8 heteroatoms. The van der Waals surface area contributed by atoms with Crippen LogP contribution in [0.2, 0.25) is 0 Å². The van der Waals surface area contributed by atoms with Crippen LogP contribution in [0.3, 0.4) is 0 Å². The molecule has 1 atom stereocenters. The molecule has 1 fully saturated rings. The zero-order chi connectivity index (χ0) is 12.4. The maximum absolute atomic E-state index is 12.8. The number of hydrogen-bond acceptors (Lipinski definition) is 4. The van der Waals surface area contributed by atoms with Crippen LogP contribution in [0, 0.1) is 0 Å². The second kappa shape index (κ2) is 4.74. The van der Waals surface area contributed by atoms with Gasteiger partial charge in [0.1, 0.15) is 5.69 Å². The first-order valence-electron chi connectivity index (χ1n) is 5.16. The molecule has 17 heavy (non-hydrogen) atoms. The molecule has 1 aromatic rings. The van der Waals surface area contributed by atoms with E-state index < -0.39 is 23.8 Å². The average molecular weight is 247 g/mol. The highest BCUT2D eigenvalue weighted by Gasteiger charge is 2.28. The van der Waals surface area contributed by atoms with Crippen LogP contribution in [0.15, 0.2) is 0 Å². The van der Waals surface area contributed by atoms with E-state index in [-0.39, 0.29) is 12.6 Å². The Balaban J connectivity index is 2.23. The predicted octanol–water partition coefficient (Wildman–Crippen LogP) is 1.09. The van der Waals surface area contributed by atoms with Crippen molar-refractivity contribution in [3.8, 4) is 0 Å². The Bertz CT molecular complexity index is 416. The van der Waals surface area contributed by atoms with Gasteiger partial charge in [0.25, 0.3) is 6.43 Å². The average Bonchev–Trinajstić information content (AvgIpc) is 2.86. The number of alkyl halides is 2. The van der Waals surface area contributed by atoms with Crippen LogP contribution in [-0.4, -0.2) is 38.8 Å². The molecular weight excluding hydrogens is 236 g/mol. The molecule has 1 saturated heterocycles. The summed E-state index contributed by atoms with van der Waals surface area (Å²) in [6.07, 6.45) is -1.49. The summed E-state index contributed by atoms with van der Waals surface area (Å²) in [5.41, 5.74) is -1.36. The van der Waals surface area contributed by atoms with Gasteiger partial charge in [-0.15, -0.1) is 5.10 Å². The SMILES string of the molecule is O=C(O)c1nnn(CC2CCCO2)c1C(F)F. The summed E-state index contributed by atoms with van der Waals surface area (Å²) in [7, 11) is 0. The van der Waals surface area contributed by atoms with Crippen molar-refractivity contribution in [2.24, 2.45) is 0 Å². The summed E-state index contributed by atoms with van der Waals surface area (Å²) in [5, 5.41) is 15.4. The second-order valence-corrected chi connectivity index (χ2v) is 3.75. The van der Waals surface area contributed by atoms with Gasteiger partial charge in [0.05, 0.1) is 12.6 Å². The Kier molecular flexibility index (Phi) is 3.32. The summed E-state index contributed by atoms with van der Waals surface area (Å²) < 4.78 is 31.7. The topological polar surface area (TPSA) is 77.2 Å². The quantitative estimate of drug-likeness (QED) is 0.861. The van der Waals surface area contributed by atoms with E-state index in [4.69, 9.17) is 9.84 Å². The molecule has 0 aliphatic carbocycles. The number of carbonyl (C=O) groups is 1. The van der Waals surface area contributed by atoms with Crippen LogP contribution in [0.25, 0.3) is 0 Å². The number of carboxylic acids is 1. The molecule has 1 aliphatic heterocycles. The number of halogens is 2. The fraction of sp³-hybridized carbons (Fsp3) is 0.667. The Morgan fingerprint density at radius 3 is 2.94 bits per heavy atom. The third kappa shape index (κ3) is 2.41. The van der Waals surface area contributed by atoms with Gasteiger partial charge in [0.2, 0.25) is 0 Å². The fourth-order valence-electron chi connectivity index (χ4n) is 1.80. The van der Waals surface area contributed by atoms with Crippen molar-refractivity contribution in [2.75, 3.05) is 6.61 Å². The maximum atomic E-state index is 12.8. The molecule has 1 aromatic heterocycles. The highest BCUT2D eigenvalue weighted by molar-refractivity contribution is 5.86. The van der Waals surface area contributed by atoms with Crippen LogP contribution >= 0.6 is 0 Å². The molecule has 1 unspecified atom stereocenters. The van der Waals surface area contributed by atoms with E-state index in [1.165, 1.54) is 0 Å². The number of aromatic carboxylic acids is 1. The van der Waals surface area contributed by atoms with Gasteiger partial charge in [-0.2, -0.15) is 0 Å². The first-order chi connectivity index (χ1) is 8.09. The molecule has 2 heterocycles. The normalized spacial score (nSPS) is 20.1. The molecule has 0 amide bonds. The predicted molar refractivity (Wildman–Crippen MR) is 50.9 cm³/mol. The molecule has 0 radical (unpaired) electrons. The number of ether oxygens (including phenoxy) is 1. The highest BCUT2D eigenvalue weighted by Crippen LogP contribution is 2.23. The van der Waals surface area contributed by atoms with E-state index in [1.807, 2.05) is 0 Å². The molecule has 0 bridgehead atoms. The largest absolute Gasteiger partial charge is 0.476 e. The third-order valence-corrected chi connectivity index (χ3v) is 2.58. The number of nitrogens with zero attached hydrogens (tertiary/aromatic N) is 3. The number of rotatable bonds is 4. The summed E-state index contributed by atoms with van der Waals surface area (Å²) in [6, 6.07) is 0. The van der Waals surface area contributed by atoms with Gasteiger partial charge in [-0.1, -0.05) is 5.21 Å². The van der Waals surface area contributed by atoms with E-state index in [0.717, 1.165) is 17.5 Å². The summed E-state index contributed by atoms with van der Waals surface area (Å²) in [6.45, 7) is 0.703. The number of aromatic nitrogens is 3. The van der Waals surface area contributed by atoms with E-state index in [9.17, 15) is 13.6 Å². The molecule has 2 rings (SSSR count). The molecule has 6 nitrogen and oxygen atoms in total. The Hall–Kier alpha value is -1.57. The van der Waals surface area contributed by atoms with Crippen LogP contribution in [0.1, 0.15) is 35.4 Å².